The SMILES string of the molecule is O=C(O)Cc1ccc(OCC(=O)N2CCCC2)cc1. The zero-order valence-corrected chi connectivity index (χ0v) is 10.7. The molecule has 1 fully saturated rings. The number of benzene rings is 1. The molecule has 0 saturated carbocycles. The second-order valence-corrected chi connectivity index (χ2v) is 4.59. The molecular formula is C14H17NO4. The maximum absolute atomic E-state index is 11.8. The Bertz CT molecular complexity index is 449. The number of amides is 1. The Morgan fingerprint density at radius 2 is 1.79 bits per heavy atom. The van der Waals surface area contributed by atoms with Crippen molar-refractivity contribution in [2.45, 2.75) is 19.3 Å². The molecule has 5 heteroatoms. The van der Waals surface area contributed by atoms with Gasteiger partial charge in [-0.2, -0.15) is 0 Å². The Morgan fingerprint density at radius 3 is 2.37 bits per heavy atom. The fourth-order valence-corrected chi connectivity index (χ4v) is 2.08. The van der Waals surface area contributed by atoms with E-state index in [2.05, 4.69) is 0 Å². The van der Waals surface area contributed by atoms with Crippen molar-refractivity contribution in [2.24, 2.45) is 0 Å². The second kappa shape index (κ2) is 6.22. The summed E-state index contributed by atoms with van der Waals surface area (Å²) in [6, 6.07) is 6.78. The van der Waals surface area contributed by atoms with Crippen molar-refractivity contribution in [1.29, 1.82) is 0 Å². The number of aliphatic carboxylic acids is 1. The summed E-state index contributed by atoms with van der Waals surface area (Å²) in [5, 5.41) is 8.65. The smallest absolute Gasteiger partial charge is 0.307 e. The molecule has 0 spiro atoms. The van der Waals surface area contributed by atoms with Gasteiger partial charge < -0.3 is 14.7 Å². The number of carbonyl (C=O) groups excluding carboxylic acids is 1. The lowest BCUT2D eigenvalue weighted by molar-refractivity contribution is -0.136. The van der Waals surface area contributed by atoms with Crippen LogP contribution in [0.25, 0.3) is 0 Å². The van der Waals surface area contributed by atoms with Crippen molar-refractivity contribution >= 4 is 11.9 Å². The molecule has 0 aromatic heterocycles. The van der Waals surface area contributed by atoms with Gasteiger partial charge in [-0.15, -0.1) is 0 Å². The maximum atomic E-state index is 11.8. The molecule has 0 aliphatic carbocycles. The lowest BCUT2D eigenvalue weighted by Gasteiger charge is -2.15. The van der Waals surface area contributed by atoms with E-state index in [-0.39, 0.29) is 18.9 Å². The Hall–Kier alpha value is -2.04. The predicted molar refractivity (Wildman–Crippen MR) is 69.1 cm³/mol. The number of carboxylic acids is 1. The van der Waals surface area contributed by atoms with Crippen molar-refractivity contribution in [3.05, 3.63) is 29.8 Å². The van der Waals surface area contributed by atoms with E-state index in [4.69, 9.17) is 9.84 Å². The van der Waals surface area contributed by atoms with Gasteiger partial charge in [-0.05, 0) is 30.5 Å². The van der Waals surface area contributed by atoms with Crippen LogP contribution in [0.1, 0.15) is 18.4 Å². The highest BCUT2D eigenvalue weighted by Gasteiger charge is 2.17. The molecule has 1 heterocycles. The molecule has 102 valence electrons. The molecule has 5 nitrogen and oxygen atoms in total. The average Bonchev–Trinajstić information content (AvgIpc) is 2.91. The van der Waals surface area contributed by atoms with Crippen molar-refractivity contribution in [2.75, 3.05) is 19.7 Å². The number of nitrogens with zero attached hydrogens (tertiary/aromatic N) is 1. The van der Waals surface area contributed by atoms with E-state index in [0.717, 1.165) is 25.9 Å². The summed E-state index contributed by atoms with van der Waals surface area (Å²) in [6.07, 6.45) is 2.12. The van der Waals surface area contributed by atoms with Crippen LogP contribution in [0.3, 0.4) is 0 Å². The molecule has 19 heavy (non-hydrogen) atoms. The van der Waals surface area contributed by atoms with Crippen LogP contribution in [0.2, 0.25) is 0 Å². The summed E-state index contributed by atoms with van der Waals surface area (Å²) in [6.45, 7) is 1.68. The van der Waals surface area contributed by atoms with E-state index in [1.165, 1.54) is 0 Å². The number of carboxylic acid groups (broad SMARTS) is 1. The van der Waals surface area contributed by atoms with Crippen LogP contribution < -0.4 is 4.74 Å². The third-order valence-corrected chi connectivity index (χ3v) is 3.10. The molecular weight excluding hydrogens is 246 g/mol. The first kappa shape index (κ1) is 13.4. The quantitative estimate of drug-likeness (QED) is 0.870. The summed E-state index contributed by atoms with van der Waals surface area (Å²) < 4.78 is 5.40. The monoisotopic (exact) mass is 263 g/mol. The molecule has 0 atom stereocenters. The minimum absolute atomic E-state index is 0.00659. The van der Waals surface area contributed by atoms with E-state index >= 15 is 0 Å². The van der Waals surface area contributed by atoms with Gasteiger partial charge in [0.2, 0.25) is 0 Å². The van der Waals surface area contributed by atoms with Gasteiger partial charge in [-0.1, -0.05) is 12.1 Å². The number of likely N-dealkylation sites (tertiary alicyclic amines) is 1. The maximum Gasteiger partial charge on any atom is 0.307 e. The van der Waals surface area contributed by atoms with Crippen LogP contribution in [0, 0.1) is 0 Å². The fraction of sp³-hybridized carbons (Fsp3) is 0.429. The summed E-state index contributed by atoms with van der Waals surface area (Å²) in [5.74, 6) is -0.272. The first-order valence-electron chi connectivity index (χ1n) is 6.36. The lowest BCUT2D eigenvalue weighted by atomic mass is 10.1. The van der Waals surface area contributed by atoms with E-state index in [0.29, 0.717) is 11.3 Å². The predicted octanol–water partition coefficient (Wildman–Crippen LogP) is 1.31. The van der Waals surface area contributed by atoms with Gasteiger partial charge in [0.05, 0.1) is 6.42 Å². The van der Waals surface area contributed by atoms with Gasteiger partial charge in [-0.25, -0.2) is 0 Å². The van der Waals surface area contributed by atoms with E-state index in [1.54, 1.807) is 29.2 Å². The van der Waals surface area contributed by atoms with Crippen molar-refractivity contribution < 1.29 is 19.4 Å². The van der Waals surface area contributed by atoms with Gasteiger partial charge in [-0.3, -0.25) is 9.59 Å². The van der Waals surface area contributed by atoms with Gasteiger partial charge >= 0.3 is 5.97 Å². The second-order valence-electron chi connectivity index (χ2n) is 4.59. The topological polar surface area (TPSA) is 66.8 Å². The van der Waals surface area contributed by atoms with Crippen molar-refractivity contribution in [3.8, 4) is 5.75 Å². The standard InChI is InChI=1S/C14H17NO4/c16-13(15-7-1-2-8-15)10-19-12-5-3-11(4-6-12)9-14(17)18/h3-6H,1-2,7-10H2,(H,17,18). The third kappa shape index (κ3) is 3.98. The number of ether oxygens (including phenoxy) is 1. The van der Waals surface area contributed by atoms with Gasteiger partial charge in [0.15, 0.2) is 6.61 Å². The zero-order chi connectivity index (χ0) is 13.7. The van der Waals surface area contributed by atoms with Crippen LogP contribution in [0.15, 0.2) is 24.3 Å². The Labute approximate surface area is 111 Å². The summed E-state index contributed by atoms with van der Waals surface area (Å²) in [5.41, 5.74) is 0.714. The minimum atomic E-state index is -0.863. The average molecular weight is 263 g/mol. The first-order chi connectivity index (χ1) is 9.15. The number of carbonyl (C=O) groups is 2. The van der Waals surface area contributed by atoms with Crippen LogP contribution in [0.4, 0.5) is 0 Å². The molecule has 1 amide bonds. The zero-order valence-electron chi connectivity index (χ0n) is 10.7. The highest BCUT2D eigenvalue weighted by Crippen LogP contribution is 2.13. The third-order valence-electron chi connectivity index (χ3n) is 3.10. The molecule has 1 aliphatic heterocycles. The van der Waals surface area contributed by atoms with E-state index < -0.39 is 5.97 Å². The molecule has 1 aliphatic rings. The number of rotatable bonds is 5. The fourth-order valence-electron chi connectivity index (χ4n) is 2.08. The minimum Gasteiger partial charge on any atom is -0.484 e. The Kier molecular flexibility index (Phi) is 4.39. The van der Waals surface area contributed by atoms with Gasteiger partial charge in [0.25, 0.3) is 5.91 Å². The summed E-state index contributed by atoms with van der Waals surface area (Å²) >= 11 is 0. The molecule has 1 N–H and O–H groups in total. The Morgan fingerprint density at radius 1 is 1.16 bits per heavy atom. The van der Waals surface area contributed by atoms with Crippen LogP contribution >= 0.6 is 0 Å². The van der Waals surface area contributed by atoms with Gasteiger partial charge in [0, 0.05) is 13.1 Å². The van der Waals surface area contributed by atoms with Crippen molar-refractivity contribution in [3.63, 3.8) is 0 Å². The molecule has 1 aromatic rings. The van der Waals surface area contributed by atoms with E-state index in [9.17, 15) is 9.59 Å². The highest BCUT2D eigenvalue weighted by molar-refractivity contribution is 5.78. The lowest BCUT2D eigenvalue weighted by Crippen LogP contribution is -2.32. The molecule has 1 saturated heterocycles. The first-order valence-corrected chi connectivity index (χ1v) is 6.36. The van der Waals surface area contributed by atoms with Crippen molar-refractivity contribution in [1.82, 2.24) is 4.90 Å². The molecule has 0 radical (unpaired) electrons. The van der Waals surface area contributed by atoms with Crippen LogP contribution in [-0.4, -0.2) is 41.6 Å². The molecule has 0 bridgehead atoms. The molecule has 1 aromatic carbocycles. The largest absolute Gasteiger partial charge is 0.484 e. The summed E-state index contributed by atoms with van der Waals surface area (Å²) in [7, 11) is 0. The molecule has 0 unspecified atom stereocenters. The molecule has 2 rings (SSSR count). The summed E-state index contributed by atoms with van der Waals surface area (Å²) in [4.78, 5) is 24.1. The Balaban J connectivity index is 1.82. The highest BCUT2D eigenvalue weighted by atomic mass is 16.5. The van der Waals surface area contributed by atoms with Crippen LogP contribution in [0.5, 0.6) is 5.75 Å². The van der Waals surface area contributed by atoms with Crippen LogP contribution in [-0.2, 0) is 16.0 Å². The normalized spacial score (nSPS) is 14.4. The van der Waals surface area contributed by atoms with E-state index in [1.807, 2.05) is 0 Å². The number of hydrogen-bond acceptors (Lipinski definition) is 3. The van der Waals surface area contributed by atoms with Gasteiger partial charge in [0.1, 0.15) is 5.75 Å². The number of hydrogen-bond donors (Lipinski definition) is 1.